The van der Waals surface area contributed by atoms with E-state index in [1.165, 1.54) is 0 Å². The molecule has 1 saturated heterocycles. The molecule has 1 aliphatic heterocycles. The lowest BCUT2D eigenvalue weighted by atomic mass is 9.96. The van der Waals surface area contributed by atoms with Gasteiger partial charge in [0.15, 0.2) is 11.5 Å². The fraction of sp³-hybridized carbons (Fsp3) is 0.526. The molecular formula is C19H25N3O3. The van der Waals surface area contributed by atoms with Crippen molar-refractivity contribution in [1.82, 2.24) is 15.2 Å². The normalized spacial score (nSPS) is 18.1. The molecule has 1 aromatic carbocycles. The van der Waals surface area contributed by atoms with Gasteiger partial charge in [-0.1, -0.05) is 26.0 Å². The average molecular weight is 343 g/mol. The van der Waals surface area contributed by atoms with Crippen LogP contribution in [0.4, 0.5) is 0 Å². The molecule has 1 fully saturated rings. The third-order valence-electron chi connectivity index (χ3n) is 4.43. The smallest absolute Gasteiger partial charge is 0.224 e. The van der Waals surface area contributed by atoms with Crippen LogP contribution in [0, 0.1) is 11.8 Å². The van der Waals surface area contributed by atoms with Crippen molar-refractivity contribution in [2.75, 3.05) is 19.6 Å². The molecule has 6 heteroatoms. The maximum Gasteiger partial charge on any atom is 0.224 e. The molecule has 0 saturated carbocycles. The number of rotatable bonds is 6. The predicted octanol–water partition coefficient (Wildman–Crippen LogP) is 2.38. The number of amides is 2. The summed E-state index contributed by atoms with van der Waals surface area (Å²) in [6.45, 7) is 5.88. The molecule has 0 bridgehead atoms. The molecule has 6 nitrogen and oxygen atoms in total. The standard InChI is InChI=1S/C19H25N3O3/c1-13(2)11-22-12-14(7-8-18(22)23)19(24)20-10-9-17-21-15-5-3-4-6-16(15)25-17/h3-6,13-14H,7-12H2,1-2H3,(H,20,24)/t14-/m1/s1. The Kier molecular flexibility index (Phi) is 5.36. The van der Waals surface area contributed by atoms with Crippen LogP contribution in [0.3, 0.4) is 0 Å². The number of oxazole rings is 1. The summed E-state index contributed by atoms with van der Waals surface area (Å²) >= 11 is 0. The van der Waals surface area contributed by atoms with Crippen LogP contribution in [0.5, 0.6) is 0 Å². The van der Waals surface area contributed by atoms with E-state index in [1.54, 1.807) is 0 Å². The van der Waals surface area contributed by atoms with E-state index in [0.717, 1.165) is 11.1 Å². The van der Waals surface area contributed by atoms with Crippen molar-refractivity contribution >= 4 is 22.9 Å². The van der Waals surface area contributed by atoms with Crippen molar-refractivity contribution in [1.29, 1.82) is 0 Å². The zero-order valence-electron chi connectivity index (χ0n) is 14.8. The number of nitrogens with zero attached hydrogens (tertiary/aromatic N) is 2. The highest BCUT2D eigenvalue weighted by Crippen LogP contribution is 2.19. The summed E-state index contributed by atoms with van der Waals surface area (Å²) in [4.78, 5) is 30.6. The lowest BCUT2D eigenvalue weighted by molar-refractivity contribution is -0.138. The Hall–Kier alpha value is -2.37. The van der Waals surface area contributed by atoms with Crippen molar-refractivity contribution in [2.45, 2.75) is 33.1 Å². The van der Waals surface area contributed by atoms with E-state index in [9.17, 15) is 9.59 Å². The minimum atomic E-state index is -0.125. The van der Waals surface area contributed by atoms with Crippen molar-refractivity contribution in [3.8, 4) is 0 Å². The van der Waals surface area contributed by atoms with Crippen LogP contribution in [0.15, 0.2) is 28.7 Å². The third kappa shape index (κ3) is 4.38. The number of para-hydroxylation sites is 2. The molecule has 2 heterocycles. The summed E-state index contributed by atoms with van der Waals surface area (Å²) in [5.74, 6) is 1.08. The van der Waals surface area contributed by atoms with E-state index < -0.39 is 0 Å². The quantitative estimate of drug-likeness (QED) is 0.874. The van der Waals surface area contributed by atoms with Crippen LogP contribution in [0.2, 0.25) is 0 Å². The third-order valence-corrected chi connectivity index (χ3v) is 4.43. The van der Waals surface area contributed by atoms with Gasteiger partial charge >= 0.3 is 0 Å². The fourth-order valence-corrected chi connectivity index (χ4v) is 3.21. The first-order valence-corrected chi connectivity index (χ1v) is 8.93. The first-order valence-electron chi connectivity index (χ1n) is 8.93. The molecule has 0 radical (unpaired) electrons. The van der Waals surface area contributed by atoms with E-state index >= 15 is 0 Å². The topological polar surface area (TPSA) is 75.4 Å². The Morgan fingerprint density at radius 3 is 2.96 bits per heavy atom. The number of hydrogen-bond acceptors (Lipinski definition) is 4. The second kappa shape index (κ2) is 7.68. The molecule has 1 aromatic heterocycles. The van der Waals surface area contributed by atoms with Crippen molar-refractivity contribution < 1.29 is 14.0 Å². The van der Waals surface area contributed by atoms with Gasteiger partial charge in [0, 0.05) is 32.5 Å². The first kappa shape index (κ1) is 17.5. The van der Waals surface area contributed by atoms with Gasteiger partial charge in [0.2, 0.25) is 11.8 Å². The summed E-state index contributed by atoms with van der Waals surface area (Å²) in [6.07, 6.45) is 1.64. The summed E-state index contributed by atoms with van der Waals surface area (Å²) in [7, 11) is 0. The van der Waals surface area contributed by atoms with E-state index in [0.29, 0.717) is 50.7 Å². The molecule has 1 aliphatic rings. The molecule has 1 atom stereocenters. The minimum absolute atomic E-state index is 0.0115. The zero-order chi connectivity index (χ0) is 17.8. The number of fused-ring (bicyclic) bond motifs is 1. The van der Waals surface area contributed by atoms with E-state index in [2.05, 4.69) is 24.1 Å². The number of carbonyl (C=O) groups is 2. The van der Waals surface area contributed by atoms with Crippen LogP contribution in [0.25, 0.3) is 11.1 Å². The van der Waals surface area contributed by atoms with Crippen LogP contribution < -0.4 is 5.32 Å². The number of carbonyl (C=O) groups excluding carboxylic acids is 2. The first-order chi connectivity index (χ1) is 12.0. The predicted molar refractivity (Wildman–Crippen MR) is 94.9 cm³/mol. The Labute approximate surface area is 147 Å². The molecule has 0 spiro atoms. The minimum Gasteiger partial charge on any atom is -0.441 e. The number of benzene rings is 1. The lowest BCUT2D eigenvalue weighted by Gasteiger charge is -2.33. The van der Waals surface area contributed by atoms with Crippen molar-refractivity contribution in [3.63, 3.8) is 0 Å². The fourth-order valence-electron chi connectivity index (χ4n) is 3.21. The van der Waals surface area contributed by atoms with Crippen LogP contribution in [-0.2, 0) is 16.0 Å². The highest BCUT2D eigenvalue weighted by molar-refractivity contribution is 5.83. The summed E-state index contributed by atoms with van der Waals surface area (Å²) < 4.78 is 5.65. The number of piperidine rings is 1. The van der Waals surface area contributed by atoms with Crippen molar-refractivity contribution in [2.24, 2.45) is 11.8 Å². The van der Waals surface area contributed by atoms with Crippen molar-refractivity contribution in [3.05, 3.63) is 30.2 Å². The second-order valence-corrected chi connectivity index (χ2v) is 7.04. The number of hydrogen-bond donors (Lipinski definition) is 1. The molecule has 1 N–H and O–H groups in total. The Bertz CT molecular complexity index is 720. The maximum atomic E-state index is 12.4. The lowest BCUT2D eigenvalue weighted by Crippen LogP contribution is -2.47. The molecule has 2 aromatic rings. The van der Waals surface area contributed by atoms with Crippen LogP contribution in [0.1, 0.15) is 32.6 Å². The Morgan fingerprint density at radius 2 is 2.20 bits per heavy atom. The number of aromatic nitrogens is 1. The highest BCUT2D eigenvalue weighted by atomic mass is 16.3. The van der Waals surface area contributed by atoms with Gasteiger partial charge in [-0.25, -0.2) is 4.98 Å². The molecular weight excluding hydrogens is 318 g/mol. The molecule has 134 valence electrons. The zero-order valence-corrected chi connectivity index (χ0v) is 14.8. The van der Waals surface area contributed by atoms with E-state index in [1.807, 2.05) is 29.2 Å². The van der Waals surface area contributed by atoms with Crippen LogP contribution >= 0.6 is 0 Å². The summed E-state index contributed by atoms with van der Waals surface area (Å²) in [5.41, 5.74) is 1.60. The summed E-state index contributed by atoms with van der Waals surface area (Å²) in [6, 6.07) is 7.62. The van der Waals surface area contributed by atoms with E-state index in [-0.39, 0.29) is 17.7 Å². The molecule has 0 unspecified atom stereocenters. The summed E-state index contributed by atoms with van der Waals surface area (Å²) in [5, 5.41) is 2.96. The van der Waals surface area contributed by atoms with Gasteiger partial charge in [-0.2, -0.15) is 0 Å². The van der Waals surface area contributed by atoms with Gasteiger partial charge in [0.1, 0.15) is 5.52 Å². The van der Waals surface area contributed by atoms with Gasteiger partial charge in [-0.05, 0) is 24.5 Å². The SMILES string of the molecule is CC(C)CN1C[C@H](C(=O)NCCc2nc3ccccc3o2)CCC1=O. The largest absolute Gasteiger partial charge is 0.441 e. The van der Waals surface area contributed by atoms with E-state index in [4.69, 9.17) is 4.42 Å². The van der Waals surface area contributed by atoms with Gasteiger partial charge in [-0.3, -0.25) is 9.59 Å². The Morgan fingerprint density at radius 1 is 1.40 bits per heavy atom. The monoisotopic (exact) mass is 343 g/mol. The molecule has 25 heavy (non-hydrogen) atoms. The average Bonchev–Trinajstić information content (AvgIpc) is 2.99. The highest BCUT2D eigenvalue weighted by Gasteiger charge is 2.30. The second-order valence-electron chi connectivity index (χ2n) is 7.04. The number of nitrogens with one attached hydrogen (secondary N) is 1. The molecule has 2 amide bonds. The van der Waals surface area contributed by atoms with Gasteiger partial charge in [0.25, 0.3) is 0 Å². The van der Waals surface area contributed by atoms with Gasteiger partial charge in [-0.15, -0.1) is 0 Å². The van der Waals surface area contributed by atoms with Gasteiger partial charge in [0.05, 0.1) is 5.92 Å². The van der Waals surface area contributed by atoms with Gasteiger partial charge < -0.3 is 14.6 Å². The molecule has 0 aliphatic carbocycles. The maximum absolute atomic E-state index is 12.4. The molecule has 3 rings (SSSR count). The number of likely N-dealkylation sites (tertiary alicyclic amines) is 1. The van der Waals surface area contributed by atoms with Crippen LogP contribution in [-0.4, -0.2) is 41.3 Å². The Balaban J connectivity index is 1.49.